The molecule has 0 bridgehead atoms. The highest BCUT2D eigenvalue weighted by Gasteiger charge is 2.16. The topological polar surface area (TPSA) is 49.0 Å². The van der Waals surface area contributed by atoms with Gasteiger partial charge in [0.25, 0.3) is 0 Å². The molecule has 1 N–H and O–H groups in total. The molecule has 0 aromatic heterocycles. The third-order valence-corrected chi connectivity index (χ3v) is 2.60. The van der Waals surface area contributed by atoms with Crippen LogP contribution in [0.1, 0.15) is 6.42 Å². The normalized spacial score (nSPS) is 32.8. The monoisotopic (exact) mass is 217 g/mol. The summed E-state index contributed by atoms with van der Waals surface area (Å²) in [5, 5.41) is 3.34. The van der Waals surface area contributed by atoms with Crippen LogP contribution in [0.15, 0.2) is 0 Å². The van der Waals surface area contributed by atoms with Crippen LogP contribution >= 0.6 is 0 Å². The minimum atomic E-state index is 0.193. The highest BCUT2D eigenvalue weighted by atomic mass is 16.7. The molecule has 2 fully saturated rings. The van der Waals surface area contributed by atoms with Crippen molar-refractivity contribution in [3.05, 3.63) is 0 Å². The quantitative estimate of drug-likeness (QED) is 0.704. The summed E-state index contributed by atoms with van der Waals surface area (Å²) in [5.41, 5.74) is 0. The van der Waals surface area contributed by atoms with Crippen molar-refractivity contribution in [3.8, 4) is 0 Å². The smallest absolute Gasteiger partial charge is 0.147 e. The minimum Gasteiger partial charge on any atom is -0.376 e. The fourth-order valence-corrected chi connectivity index (χ4v) is 1.72. The van der Waals surface area contributed by atoms with Crippen molar-refractivity contribution in [2.45, 2.75) is 18.6 Å². The van der Waals surface area contributed by atoms with E-state index in [-0.39, 0.29) is 12.2 Å². The third-order valence-electron chi connectivity index (χ3n) is 2.60. The van der Waals surface area contributed by atoms with E-state index in [2.05, 4.69) is 5.32 Å². The van der Waals surface area contributed by atoms with Crippen LogP contribution in [-0.2, 0) is 18.9 Å². The van der Waals surface area contributed by atoms with Crippen LogP contribution in [0.3, 0.4) is 0 Å². The van der Waals surface area contributed by atoms with Crippen molar-refractivity contribution in [2.24, 2.45) is 0 Å². The number of hydrogen-bond acceptors (Lipinski definition) is 5. The fraction of sp³-hybridized carbons (Fsp3) is 1.00. The summed E-state index contributed by atoms with van der Waals surface area (Å²) in [5.74, 6) is 0. The summed E-state index contributed by atoms with van der Waals surface area (Å²) in [4.78, 5) is 0. The molecule has 2 atom stereocenters. The summed E-state index contributed by atoms with van der Waals surface area (Å²) < 4.78 is 21.3. The molecule has 0 radical (unpaired) electrons. The Morgan fingerprint density at radius 2 is 1.87 bits per heavy atom. The van der Waals surface area contributed by atoms with E-state index in [0.29, 0.717) is 20.0 Å². The predicted molar refractivity (Wildman–Crippen MR) is 53.7 cm³/mol. The van der Waals surface area contributed by atoms with Gasteiger partial charge in [-0.2, -0.15) is 0 Å². The van der Waals surface area contributed by atoms with Crippen LogP contribution in [-0.4, -0.2) is 58.5 Å². The molecule has 0 aromatic rings. The highest BCUT2D eigenvalue weighted by molar-refractivity contribution is 4.68. The molecule has 0 aromatic carbocycles. The third kappa shape index (κ3) is 4.04. The molecule has 0 aliphatic carbocycles. The van der Waals surface area contributed by atoms with Gasteiger partial charge in [-0.15, -0.1) is 0 Å². The van der Waals surface area contributed by atoms with Gasteiger partial charge in [-0.1, -0.05) is 0 Å². The standard InChI is InChI=1S/C10H19NO4/c1-2-13-8-15-9(1)5-11-6-10-7-12-3-4-14-10/h9-11H,1-8H2. The first-order valence-corrected chi connectivity index (χ1v) is 5.54. The number of hydrogen-bond donors (Lipinski definition) is 1. The summed E-state index contributed by atoms with van der Waals surface area (Å²) in [6.07, 6.45) is 1.44. The summed E-state index contributed by atoms with van der Waals surface area (Å²) in [7, 11) is 0. The van der Waals surface area contributed by atoms with Crippen molar-refractivity contribution in [2.75, 3.05) is 46.3 Å². The van der Waals surface area contributed by atoms with E-state index < -0.39 is 0 Å². The van der Waals surface area contributed by atoms with Crippen molar-refractivity contribution in [1.82, 2.24) is 5.32 Å². The predicted octanol–water partition coefficient (Wildman–Crippen LogP) is -0.246. The van der Waals surface area contributed by atoms with Gasteiger partial charge in [-0.25, -0.2) is 0 Å². The van der Waals surface area contributed by atoms with E-state index in [1.165, 1.54) is 0 Å². The van der Waals surface area contributed by atoms with Crippen LogP contribution in [0.5, 0.6) is 0 Å². The molecular weight excluding hydrogens is 198 g/mol. The maximum atomic E-state index is 5.51. The van der Waals surface area contributed by atoms with Crippen LogP contribution in [0.2, 0.25) is 0 Å². The van der Waals surface area contributed by atoms with Crippen LogP contribution < -0.4 is 5.32 Å². The fourth-order valence-electron chi connectivity index (χ4n) is 1.72. The molecule has 2 rings (SSSR count). The minimum absolute atomic E-state index is 0.193. The van der Waals surface area contributed by atoms with Gasteiger partial charge in [0.15, 0.2) is 0 Å². The van der Waals surface area contributed by atoms with E-state index >= 15 is 0 Å². The van der Waals surface area contributed by atoms with Crippen LogP contribution in [0.4, 0.5) is 0 Å². The molecule has 2 saturated heterocycles. The molecule has 2 heterocycles. The summed E-state index contributed by atoms with van der Waals surface area (Å²) in [6.45, 7) is 5.05. The van der Waals surface area contributed by atoms with Crippen molar-refractivity contribution in [3.63, 3.8) is 0 Å². The van der Waals surface area contributed by atoms with Gasteiger partial charge in [0.2, 0.25) is 0 Å². The van der Waals surface area contributed by atoms with Crippen molar-refractivity contribution in [1.29, 1.82) is 0 Å². The molecule has 5 heteroatoms. The highest BCUT2D eigenvalue weighted by Crippen LogP contribution is 2.05. The molecular formula is C10H19NO4. The zero-order chi connectivity index (χ0) is 10.3. The van der Waals surface area contributed by atoms with Gasteiger partial charge in [0.1, 0.15) is 6.79 Å². The first-order chi connectivity index (χ1) is 7.45. The van der Waals surface area contributed by atoms with Crippen LogP contribution in [0, 0.1) is 0 Å². The maximum Gasteiger partial charge on any atom is 0.147 e. The molecule has 88 valence electrons. The Balaban J connectivity index is 1.53. The van der Waals surface area contributed by atoms with E-state index in [1.807, 2.05) is 0 Å². The Kier molecular flexibility index (Phi) is 4.82. The zero-order valence-corrected chi connectivity index (χ0v) is 8.94. The van der Waals surface area contributed by atoms with Crippen molar-refractivity contribution >= 4 is 0 Å². The van der Waals surface area contributed by atoms with Crippen LogP contribution in [0.25, 0.3) is 0 Å². The largest absolute Gasteiger partial charge is 0.376 e. The molecule has 2 unspecified atom stereocenters. The van der Waals surface area contributed by atoms with E-state index in [9.17, 15) is 0 Å². The molecule has 0 amide bonds. The van der Waals surface area contributed by atoms with E-state index in [0.717, 1.165) is 32.7 Å². The summed E-state index contributed by atoms with van der Waals surface area (Å²) >= 11 is 0. The summed E-state index contributed by atoms with van der Waals surface area (Å²) in [6, 6.07) is 0. The first kappa shape index (κ1) is 11.3. The number of rotatable bonds is 4. The zero-order valence-electron chi connectivity index (χ0n) is 8.94. The lowest BCUT2D eigenvalue weighted by molar-refractivity contribution is -0.138. The average Bonchev–Trinajstić information content (AvgIpc) is 2.32. The Morgan fingerprint density at radius 1 is 0.933 bits per heavy atom. The van der Waals surface area contributed by atoms with Gasteiger partial charge in [0, 0.05) is 13.1 Å². The van der Waals surface area contributed by atoms with Gasteiger partial charge < -0.3 is 24.3 Å². The Bertz CT molecular complexity index is 149. The SMILES string of the molecule is C1CC(CNCC2COCCO2)OCO1. The first-order valence-electron chi connectivity index (χ1n) is 5.54. The Labute approximate surface area is 90.0 Å². The average molecular weight is 217 g/mol. The number of nitrogens with one attached hydrogen (secondary N) is 1. The van der Waals surface area contributed by atoms with Gasteiger partial charge in [-0.3, -0.25) is 0 Å². The molecule has 15 heavy (non-hydrogen) atoms. The molecule has 5 nitrogen and oxygen atoms in total. The lowest BCUT2D eigenvalue weighted by atomic mass is 10.2. The van der Waals surface area contributed by atoms with Gasteiger partial charge >= 0.3 is 0 Å². The second-order valence-electron chi connectivity index (χ2n) is 3.83. The van der Waals surface area contributed by atoms with E-state index in [4.69, 9.17) is 18.9 Å². The second-order valence-corrected chi connectivity index (χ2v) is 3.83. The van der Waals surface area contributed by atoms with Gasteiger partial charge in [-0.05, 0) is 6.42 Å². The van der Waals surface area contributed by atoms with Gasteiger partial charge in [0.05, 0.1) is 38.6 Å². The Morgan fingerprint density at radius 3 is 2.60 bits per heavy atom. The molecule has 0 saturated carbocycles. The lowest BCUT2D eigenvalue weighted by Crippen LogP contribution is -2.41. The lowest BCUT2D eigenvalue weighted by Gasteiger charge is -2.26. The molecule has 0 spiro atoms. The van der Waals surface area contributed by atoms with E-state index in [1.54, 1.807) is 0 Å². The number of ether oxygens (including phenoxy) is 4. The molecule has 2 aliphatic heterocycles. The van der Waals surface area contributed by atoms with Crippen molar-refractivity contribution < 1.29 is 18.9 Å². The maximum absolute atomic E-state index is 5.51. The molecule has 2 aliphatic rings. The second kappa shape index (κ2) is 6.40. The Hall–Kier alpha value is -0.200.